The first-order valence-electron chi connectivity index (χ1n) is 7.06. The van der Waals surface area contributed by atoms with Gasteiger partial charge < -0.3 is 10.1 Å². The highest BCUT2D eigenvalue weighted by molar-refractivity contribution is 5.89. The molecular weight excluding hydrogens is 252 g/mol. The fourth-order valence-electron chi connectivity index (χ4n) is 2.60. The van der Waals surface area contributed by atoms with E-state index in [1.54, 1.807) is 0 Å². The molecule has 0 spiro atoms. The van der Waals surface area contributed by atoms with Crippen molar-refractivity contribution in [2.45, 2.75) is 33.6 Å². The number of likely N-dealkylation sites (tertiary alicyclic amines) is 1. The Morgan fingerprint density at radius 3 is 2.75 bits per heavy atom. The van der Waals surface area contributed by atoms with Crippen molar-refractivity contribution in [2.24, 2.45) is 11.1 Å². The number of amides is 1. The Labute approximate surface area is 120 Å². The van der Waals surface area contributed by atoms with Gasteiger partial charge in [0, 0.05) is 25.4 Å². The van der Waals surface area contributed by atoms with Crippen molar-refractivity contribution in [3.8, 4) is 0 Å². The highest BCUT2D eigenvalue weighted by Crippen LogP contribution is 2.16. The highest BCUT2D eigenvalue weighted by atomic mass is 16.4. The van der Waals surface area contributed by atoms with Gasteiger partial charge in [0.2, 0.25) is 5.91 Å². The van der Waals surface area contributed by atoms with E-state index in [1.165, 1.54) is 11.1 Å². The van der Waals surface area contributed by atoms with E-state index in [2.05, 4.69) is 31.1 Å². The molecule has 1 aliphatic heterocycles. The van der Waals surface area contributed by atoms with Crippen molar-refractivity contribution in [3.05, 3.63) is 34.9 Å². The predicted octanol–water partition coefficient (Wildman–Crippen LogP) is 2.54. The average molecular weight is 274 g/mol. The van der Waals surface area contributed by atoms with Crippen LogP contribution in [0.3, 0.4) is 0 Å². The molecule has 108 valence electrons. The molecule has 0 aromatic heterocycles. The Hall–Kier alpha value is -1.84. The maximum atomic E-state index is 12.3. The Balaban J connectivity index is 2.00. The van der Waals surface area contributed by atoms with E-state index in [0.29, 0.717) is 25.9 Å². The van der Waals surface area contributed by atoms with E-state index in [1.807, 2.05) is 17.9 Å². The normalized spacial score (nSPS) is 21.2. The number of rotatable bonds is 2. The number of oxime groups is 1. The summed E-state index contributed by atoms with van der Waals surface area (Å²) >= 11 is 0. The van der Waals surface area contributed by atoms with Crippen LogP contribution in [0.15, 0.2) is 23.4 Å². The summed E-state index contributed by atoms with van der Waals surface area (Å²) in [4.78, 5) is 14.2. The molecule has 1 aromatic rings. The topological polar surface area (TPSA) is 52.9 Å². The van der Waals surface area contributed by atoms with Gasteiger partial charge in [-0.3, -0.25) is 4.79 Å². The molecule has 0 aliphatic carbocycles. The second-order valence-electron chi connectivity index (χ2n) is 5.68. The highest BCUT2D eigenvalue weighted by Gasteiger charge is 2.25. The Morgan fingerprint density at radius 2 is 2.15 bits per heavy atom. The Kier molecular flexibility index (Phi) is 4.42. The number of nitrogens with zero attached hydrogens (tertiary/aromatic N) is 2. The number of benzene rings is 1. The van der Waals surface area contributed by atoms with E-state index < -0.39 is 0 Å². The van der Waals surface area contributed by atoms with Crippen LogP contribution in [-0.4, -0.2) is 34.8 Å². The molecule has 0 bridgehead atoms. The molecule has 1 N–H and O–H groups in total. The standard InChI is InChI=1S/C16H22N2O2/c1-11-4-5-14(8-12(11)2)9-16(19)18-7-6-15(17-20)13(3)10-18/h4-5,8,13,20H,6-7,9-10H2,1-3H3/b17-15+. The van der Waals surface area contributed by atoms with E-state index in [0.717, 1.165) is 11.3 Å². The number of hydrogen-bond acceptors (Lipinski definition) is 3. The zero-order chi connectivity index (χ0) is 14.7. The van der Waals surface area contributed by atoms with E-state index in [4.69, 9.17) is 5.21 Å². The van der Waals surface area contributed by atoms with Gasteiger partial charge in [0.25, 0.3) is 0 Å². The molecule has 1 saturated heterocycles. The van der Waals surface area contributed by atoms with Crippen LogP contribution in [0.5, 0.6) is 0 Å². The van der Waals surface area contributed by atoms with Gasteiger partial charge in [-0.1, -0.05) is 30.3 Å². The molecule has 2 rings (SSSR count). The molecule has 4 heteroatoms. The molecular formula is C16H22N2O2. The van der Waals surface area contributed by atoms with E-state index in [-0.39, 0.29) is 11.8 Å². The number of aryl methyl sites for hydroxylation is 2. The average Bonchev–Trinajstić information content (AvgIpc) is 2.42. The van der Waals surface area contributed by atoms with Crippen LogP contribution in [0.1, 0.15) is 30.0 Å². The summed E-state index contributed by atoms with van der Waals surface area (Å²) in [5.74, 6) is 0.287. The zero-order valence-electron chi connectivity index (χ0n) is 12.4. The summed E-state index contributed by atoms with van der Waals surface area (Å²) in [5.41, 5.74) is 4.32. The van der Waals surface area contributed by atoms with Crippen molar-refractivity contribution in [1.82, 2.24) is 4.90 Å². The maximum Gasteiger partial charge on any atom is 0.227 e. The largest absolute Gasteiger partial charge is 0.411 e. The van der Waals surface area contributed by atoms with Crippen LogP contribution in [0.4, 0.5) is 0 Å². The lowest BCUT2D eigenvalue weighted by Crippen LogP contribution is -2.43. The second-order valence-corrected chi connectivity index (χ2v) is 5.68. The van der Waals surface area contributed by atoms with Gasteiger partial charge in [0.1, 0.15) is 0 Å². The third-order valence-corrected chi connectivity index (χ3v) is 4.11. The minimum absolute atomic E-state index is 0.137. The summed E-state index contributed by atoms with van der Waals surface area (Å²) in [6, 6.07) is 6.17. The number of carbonyl (C=O) groups excluding carboxylic acids is 1. The number of piperidine rings is 1. The number of hydrogen-bond donors (Lipinski definition) is 1. The molecule has 1 atom stereocenters. The van der Waals surface area contributed by atoms with Gasteiger partial charge in [-0.15, -0.1) is 0 Å². The van der Waals surface area contributed by atoms with Gasteiger partial charge in [-0.2, -0.15) is 0 Å². The first-order valence-corrected chi connectivity index (χ1v) is 7.06. The third kappa shape index (κ3) is 3.18. The quantitative estimate of drug-likeness (QED) is 0.665. The summed E-state index contributed by atoms with van der Waals surface area (Å²) < 4.78 is 0. The summed E-state index contributed by atoms with van der Waals surface area (Å²) in [5, 5.41) is 12.2. The SMILES string of the molecule is Cc1ccc(CC(=O)N2CC/C(=N\O)C(C)C2)cc1C. The summed E-state index contributed by atoms with van der Waals surface area (Å²) in [6.45, 7) is 7.42. The van der Waals surface area contributed by atoms with Crippen LogP contribution in [0, 0.1) is 19.8 Å². The second kappa shape index (κ2) is 6.07. The molecule has 0 radical (unpaired) electrons. The Bertz CT molecular complexity index is 537. The Morgan fingerprint density at radius 1 is 1.40 bits per heavy atom. The summed E-state index contributed by atoms with van der Waals surface area (Å²) in [6.07, 6.45) is 1.11. The zero-order valence-corrected chi connectivity index (χ0v) is 12.4. The van der Waals surface area contributed by atoms with Crippen molar-refractivity contribution in [2.75, 3.05) is 13.1 Å². The van der Waals surface area contributed by atoms with Gasteiger partial charge in [-0.05, 0) is 30.5 Å². The van der Waals surface area contributed by atoms with Crippen LogP contribution >= 0.6 is 0 Å². The monoisotopic (exact) mass is 274 g/mol. The molecule has 1 fully saturated rings. The lowest BCUT2D eigenvalue weighted by atomic mass is 9.96. The van der Waals surface area contributed by atoms with Crippen LogP contribution in [0.25, 0.3) is 0 Å². The molecule has 1 unspecified atom stereocenters. The molecule has 1 heterocycles. The number of carbonyl (C=O) groups is 1. The predicted molar refractivity (Wildman–Crippen MR) is 79.2 cm³/mol. The lowest BCUT2D eigenvalue weighted by molar-refractivity contribution is -0.131. The minimum Gasteiger partial charge on any atom is -0.411 e. The van der Waals surface area contributed by atoms with Crippen molar-refractivity contribution in [3.63, 3.8) is 0 Å². The third-order valence-electron chi connectivity index (χ3n) is 4.11. The van der Waals surface area contributed by atoms with Crippen LogP contribution in [0.2, 0.25) is 0 Å². The molecule has 0 saturated carbocycles. The van der Waals surface area contributed by atoms with Crippen molar-refractivity contribution < 1.29 is 10.0 Å². The molecule has 1 amide bonds. The maximum absolute atomic E-state index is 12.3. The van der Waals surface area contributed by atoms with Crippen molar-refractivity contribution in [1.29, 1.82) is 0 Å². The molecule has 4 nitrogen and oxygen atoms in total. The minimum atomic E-state index is 0.137. The van der Waals surface area contributed by atoms with Crippen LogP contribution < -0.4 is 0 Å². The van der Waals surface area contributed by atoms with Gasteiger partial charge >= 0.3 is 0 Å². The fraction of sp³-hybridized carbons (Fsp3) is 0.500. The summed E-state index contributed by atoms with van der Waals surface area (Å²) in [7, 11) is 0. The van der Waals surface area contributed by atoms with Crippen LogP contribution in [-0.2, 0) is 11.2 Å². The fourth-order valence-corrected chi connectivity index (χ4v) is 2.60. The first-order chi connectivity index (χ1) is 9.51. The van der Waals surface area contributed by atoms with Gasteiger partial charge in [0.15, 0.2) is 0 Å². The molecule has 20 heavy (non-hydrogen) atoms. The van der Waals surface area contributed by atoms with Gasteiger partial charge in [-0.25, -0.2) is 0 Å². The van der Waals surface area contributed by atoms with Gasteiger partial charge in [0.05, 0.1) is 12.1 Å². The smallest absolute Gasteiger partial charge is 0.227 e. The van der Waals surface area contributed by atoms with E-state index in [9.17, 15) is 4.79 Å². The molecule has 1 aromatic carbocycles. The van der Waals surface area contributed by atoms with Crippen molar-refractivity contribution >= 4 is 11.6 Å². The van der Waals surface area contributed by atoms with E-state index >= 15 is 0 Å². The first kappa shape index (κ1) is 14.6. The lowest BCUT2D eigenvalue weighted by Gasteiger charge is -2.31. The molecule has 1 aliphatic rings.